The van der Waals surface area contributed by atoms with E-state index in [2.05, 4.69) is 21.2 Å². The Bertz CT molecular complexity index is 305. The molecule has 0 unspecified atom stereocenters. The standard InChI is InChI=1S/C11H17BrN2O/c1-2-15-7-3-6-14-11-5-4-9(13)8-10(11)12/h4-5,8,14H,2-3,6-7,13H2,1H3. The third-order valence-electron chi connectivity index (χ3n) is 1.98. The van der Waals surface area contributed by atoms with Gasteiger partial charge in [0.1, 0.15) is 0 Å². The molecule has 0 aliphatic rings. The highest BCUT2D eigenvalue weighted by molar-refractivity contribution is 9.10. The lowest BCUT2D eigenvalue weighted by Gasteiger charge is -2.08. The summed E-state index contributed by atoms with van der Waals surface area (Å²) >= 11 is 3.46. The van der Waals surface area contributed by atoms with Crippen LogP contribution in [0.2, 0.25) is 0 Å². The Morgan fingerprint density at radius 3 is 2.93 bits per heavy atom. The SMILES string of the molecule is CCOCCCNc1ccc(N)cc1Br. The molecule has 3 N–H and O–H groups in total. The fraction of sp³-hybridized carbons (Fsp3) is 0.455. The van der Waals surface area contributed by atoms with Gasteiger partial charge in [-0.1, -0.05) is 0 Å². The summed E-state index contributed by atoms with van der Waals surface area (Å²) in [4.78, 5) is 0. The maximum atomic E-state index is 5.64. The van der Waals surface area contributed by atoms with Crippen molar-refractivity contribution in [3.63, 3.8) is 0 Å². The molecule has 0 aliphatic carbocycles. The number of nitrogens with one attached hydrogen (secondary N) is 1. The van der Waals surface area contributed by atoms with E-state index < -0.39 is 0 Å². The lowest BCUT2D eigenvalue weighted by molar-refractivity contribution is 0.147. The Hall–Kier alpha value is -0.740. The zero-order valence-electron chi connectivity index (χ0n) is 8.92. The molecule has 84 valence electrons. The molecule has 0 amide bonds. The second-order valence-electron chi connectivity index (χ2n) is 3.22. The molecule has 0 bridgehead atoms. The summed E-state index contributed by atoms with van der Waals surface area (Å²) in [6.45, 7) is 4.49. The minimum atomic E-state index is 0.766. The van der Waals surface area contributed by atoms with Gasteiger partial charge in [0.2, 0.25) is 0 Å². The van der Waals surface area contributed by atoms with E-state index in [1.54, 1.807) is 0 Å². The van der Waals surface area contributed by atoms with Gasteiger partial charge in [-0.25, -0.2) is 0 Å². The summed E-state index contributed by atoms with van der Waals surface area (Å²) in [6.07, 6.45) is 1.00. The van der Waals surface area contributed by atoms with Gasteiger partial charge < -0.3 is 15.8 Å². The van der Waals surface area contributed by atoms with Gasteiger partial charge in [-0.3, -0.25) is 0 Å². The van der Waals surface area contributed by atoms with E-state index >= 15 is 0 Å². The molecule has 1 aromatic carbocycles. The van der Waals surface area contributed by atoms with E-state index in [4.69, 9.17) is 10.5 Å². The van der Waals surface area contributed by atoms with Crippen LogP contribution in [0.1, 0.15) is 13.3 Å². The number of halogens is 1. The van der Waals surface area contributed by atoms with Crippen molar-refractivity contribution in [2.24, 2.45) is 0 Å². The highest BCUT2D eigenvalue weighted by Gasteiger charge is 1.98. The molecular formula is C11H17BrN2O. The van der Waals surface area contributed by atoms with E-state index in [0.717, 1.165) is 42.0 Å². The first kappa shape index (κ1) is 12.3. The second kappa shape index (κ2) is 6.69. The van der Waals surface area contributed by atoms with E-state index in [9.17, 15) is 0 Å². The van der Waals surface area contributed by atoms with Crippen LogP contribution < -0.4 is 11.1 Å². The van der Waals surface area contributed by atoms with Gasteiger partial charge >= 0.3 is 0 Å². The first-order valence-corrected chi connectivity index (χ1v) is 5.90. The molecule has 0 saturated carbocycles. The van der Waals surface area contributed by atoms with E-state index in [0.29, 0.717) is 0 Å². The van der Waals surface area contributed by atoms with Crippen LogP contribution in [0.3, 0.4) is 0 Å². The van der Waals surface area contributed by atoms with Gasteiger partial charge in [0.15, 0.2) is 0 Å². The number of nitrogen functional groups attached to an aromatic ring is 1. The van der Waals surface area contributed by atoms with Crippen LogP contribution in [0.4, 0.5) is 11.4 Å². The second-order valence-corrected chi connectivity index (χ2v) is 4.07. The summed E-state index contributed by atoms with van der Waals surface area (Å²) in [5.41, 5.74) is 7.48. The summed E-state index contributed by atoms with van der Waals surface area (Å²) in [7, 11) is 0. The number of rotatable bonds is 6. The quantitative estimate of drug-likeness (QED) is 0.619. The van der Waals surface area contributed by atoms with Gasteiger partial charge in [-0.15, -0.1) is 0 Å². The van der Waals surface area contributed by atoms with Crippen molar-refractivity contribution in [3.8, 4) is 0 Å². The molecule has 4 heteroatoms. The van der Waals surface area contributed by atoms with Crippen molar-refractivity contribution in [1.82, 2.24) is 0 Å². The normalized spacial score (nSPS) is 10.3. The third-order valence-corrected chi connectivity index (χ3v) is 2.63. The molecule has 0 radical (unpaired) electrons. The summed E-state index contributed by atoms with van der Waals surface area (Å²) in [5.74, 6) is 0. The number of anilines is 2. The van der Waals surface area contributed by atoms with Crippen molar-refractivity contribution in [1.29, 1.82) is 0 Å². The summed E-state index contributed by atoms with van der Waals surface area (Å²) < 4.78 is 6.25. The van der Waals surface area contributed by atoms with Crippen molar-refractivity contribution in [2.45, 2.75) is 13.3 Å². The Kier molecular flexibility index (Phi) is 5.50. The van der Waals surface area contributed by atoms with Gasteiger partial charge in [-0.05, 0) is 47.5 Å². The maximum Gasteiger partial charge on any atom is 0.0486 e. The fourth-order valence-corrected chi connectivity index (χ4v) is 1.75. The highest BCUT2D eigenvalue weighted by atomic mass is 79.9. The Balaban J connectivity index is 2.31. The molecule has 1 rings (SSSR count). The van der Waals surface area contributed by atoms with Crippen LogP contribution in [0.5, 0.6) is 0 Å². The number of hydrogen-bond donors (Lipinski definition) is 2. The lowest BCUT2D eigenvalue weighted by atomic mass is 10.3. The van der Waals surface area contributed by atoms with Crippen molar-refractivity contribution in [2.75, 3.05) is 30.8 Å². The smallest absolute Gasteiger partial charge is 0.0486 e. The molecular weight excluding hydrogens is 256 g/mol. The molecule has 0 aliphatic heterocycles. The average Bonchev–Trinajstić information content (AvgIpc) is 2.20. The molecule has 0 atom stereocenters. The van der Waals surface area contributed by atoms with Gasteiger partial charge in [0.05, 0.1) is 0 Å². The number of hydrogen-bond acceptors (Lipinski definition) is 3. The molecule has 1 aromatic rings. The van der Waals surface area contributed by atoms with Crippen LogP contribution in [0.25, 0.3) is 0 Å². The first-order valence-electron chi connectivity index (χ1n) is 5.10. The minimum Gasteiger partial charge on any atom is -0.399 e. The van der Waals surface area contributed by atoms with Crippen molar-refractivity contribution in [3.05, 3.63) is 22.7 Å². The van der Waals surface area contributed by atoms with Crippen LogP contribution >= 0.6 is 15.9 Å². The maximum absolute atomic E-state index is 5.64. The zero-order valence-corrected chi connectivity index (χ0v) is 10.5. The highest BCUT2D eigenvalue weighted by Crippen LogP contribution is 2.24. The Morgan fingerprint density at radius 2 is 2.27 bits per heavy atom. The Labute approximate surface area is 99.1 Å². The predicted molar refractivity (Wildman–Crippen MR) is 68.2 cm³/mol. The van der Waals surface area contributed by atoms with Crippen molar-refractivity contribution >= 4 is 27.3 Å². The lowest BCUT2D eigenvalue weighted by Crippen LogP contribution is -2.06. The molecule has 0 aromatic heterocycles. The minimum absolute atomic E-state index is 0.766. The molecule has 3 nitrogen and oxygen atoms in total. The van der Waals surface area contributed by atoms with Crippen molar-refractivity contribution < 1.29 is 4.74 Å². The number of benzene rings is 1. The number of nitrogens with two attached hydrogens (primary N) is 1. The van der Waals surface area contributed by atoms with Crippen LogP contribution in [0, 0.1) is 0 Å². The monoisotopic (exact) mass is 272 g/mol. The molecule has 0 saturated heterocycles. The van der Waals surface area contributed by atoms with Crippen LogP contribution in [-0.4, -0.2) is 19.8 Å². The van der Waals surface area contributed by atoms with E-state index in [-0.39, 0.29) is 0 Å². The van der Waals surface area contributed by atoms with Crippen LogP contribution in [-0.2, 0) is 4.74 Å². The predicted octanol–water partition coefficient (Wildman–Crippen LogP) is 2.87. The third kappa shape index (κ3) is 4.53. The molecule has 0 fully saturated rings. The average molecular weight is 273 g/mol. The molecule has 15 heavy (non-hydrogen) atoms. The first-order chi connectivity index (χ1) is 7.24. The Morgan fingerprint density at radius 1 is 1.47 bits per heavy atom. The molecule has 0 spiro atoms. The van der Waals surface area contributed by atoms with Gasteiger partial charge in [-0.2, -0.15) is 0 Å². The van der Waals surface area contributed by atoms with E-state index in [1.165, 1.54) is 0 Å². The van der Waals surface area contributed by atoms with Gasteiger partial charge in [0, 0.05) is 35.6 Å². The fourth-order valence-electron chi connectivity index (χ4n) is 1.22. The summed E-state index contributed by atoms with van der Waals surface area (Å²) in [5, 5.41) is 3.32. The number of ether oxygens (including phenoxy) is 1. The topological polar surface area (TPSA) is 47.3 Å². The van der Waals surface area contributed by atoms with E-state index in [1.807, 2.05) is 25.1 Å². The zero-order chi connectivity index (χ0) is 11.1. The van der Waals surface area contributed by atoms with Crippen LogP contribution in [0.15, 0.2) is 22.7 Å². The summed E-state index contributed by atoms with van der Waals surface area (Å²) in [6, 6.07) is 5.75. The molecule has 0 heterocycles. The van der Waals surface area contributed by atoms with Gasteiger partial charge in [0.25, 0.3) is 0 Å². The largest absolute Gasteiger partial charge is 0.399 e.